The van der Waals surface area contributed by atoms with Gasteiger partial charge in [-0.25, -0.2) is 4.79 Å². The van der Waals surface area contributed by atoms with Crippen molar-refractivity contribution in [3.05, 3.63) is 54.1 Å². The second-order valence-electron chi connectivity index (χ2n) is 6.77. The van der Waals surface area contributed by atoms with Crippen LogP contribution in [-0.2, 0) is 6.42 Å². The van der Waals surface area contributed by atoms with E-state index in [9.17, 15) is 4.79 Å². The van der Waals surface area contributed by atoms with Gasteiger partial charge < -0.3 is 20.3 Å². The number of benzene rings is 2. The molecule has 0 radical (unpaired) electrons. The summed E-state index contributed by atoms with van der Waals surface area (Å²) in [7, 11) is 4.06. The van der Waals surface area contributed by atoms with E-state index in [1.807, 2.05) is 38.4 Å². The van der Waals surface area contributed by atoms with Gasteiger partial charge >= 0.3 is 6.03 Å². The van der Waals surface area contributed by atoms with Crippen LogP contribution in [0.1, 0.15) is 31.7 Å². The summed E-state index contributed by atoms with van der Waals surface area (Å²) >= 11 is 0. The molecule has 146 valence electrons. The lowest BCUT2D eigenvalue weighted by atomic mass is 10.1. The molecular weight excluding hydrogens is 338 g/mol. The summed E-state index contributed by atoms with van der Waals surface area (Å²) in [6.45, 7) is 3.50. The number of hydrogen-bond acceptors (Lipinski definition) is 3. The standard InChI is InChI=1S/C22H31N3O2/c1-4-5-17-27-21-14-10-19(11-15-21)24-22(26)23-16-6-7-18-8-12-20(13-9-18)25(2)3/h8-15H,4-7,16-17H2,1-3H3,(H2,23,24,26). The van der Waals surface area contributed by atoms with Crippen molar-refractivity contribution >= 4 is 17.4 Å². The Morgan fingerprint density at radius 1 is 1.00 bits per heavy atom. The van der Waals surface area contributed by atoms with Crippen molar-refractivity contribution in [1.29, 1.82) is 0 Å². The summed E-state index contributed by atoms with van der Waals surface area (Å²) in [6, 6.07) is 15.8. The molecule has 0 saturated heterocycles. The number of anilines is 2. The number of nitrogens with zero attached hydrogens (tertiary/aromatic N) is 1. The van der Waals surface area contributed by atoms with Crippen molar-refractivity contribution in [2.75, 3.05) is 37.5 Å². The van der Waals surface area contributed by atoms with Gasteiger partial charge in [-0.1, -0.05) is 25.5 Å². The molecule has 0 atom stereocenters. The molecule has 27 heavy (non-hydrogen) atoms. The molecule has 0 aliphatic carbocycles. The molecule has 2 amide bonds. The zero-order chi connectivity index (χ0) is 19.5. The second kappa shape index (κ2) is 11.1. The first-order valence-corrected chi connectivity index (χ1v) is 9.62. The van der Waals surface area contributed by atoms with E-state index in [0.29, 0.717) is 6.54 Å². The van der Waals surface area contributed by atoms with Gasteiger partial charge in [0.1, 0.15) is 5.75 Å². The van der Waals surface area contributed by atoms with Crippen LogP contribution in [0.25, 0.3) is 0 Å². The maximum atomic E-state index is 12.0. The van der Waals surface area contributed by atoms with Gasteiger partial charge in [-0.2, -0.15) is 0 Å². The van der Waals surface area contributed by atoms with Gasteiger partial charge in [0.2, 0.25) is 0 Å². The van der Waals surface area contributed by atoms with Crippen LogP contribution in [0, 0.1) is 0 Å². The number of carbonyl (C=O) groups excluding carboxylic acids is 1. The molecule has 2 aromatic carbocycles. The number of ether oxygens (including phenoxy) is 1. The van der Waals surface area contributed by atoms with E-state index in [4.69, 9.17) is 4.74 Å². The summed E-state index contributed by atoms with van der Waals surface area (Å²) in [4.78, 5) is 14.1. The Balaban J connectivity index is 1.65. The molecule has 0 heterocycles. The smallest absolute Gasteiger partial charge is 0.319 e. The van der Waals surface area contributed by atoms with Crippen LogP contribution >= 0.6 is 0 Å². The molecule has 0 unspecified atom stereocenters. The van der Waals surface area contributed by atoms with Crippen LogP contribution in [0.5, 0.6) is 5.75 Å². The van der Waals surface area contributed by atoms with Crippen molar-refractivity contribution in [1.82, 2.24) is 5.32 Å². The van der Waals surface area contributed by atoms with Crippen LogP contribution < -0.4 is 20.3 Å². The highest BCUT2D eigenvalue weighted by Crippen LogP contribution is 2.16. The summed E-state index contributed by atoms with van der Waals surface area (Å²) in [5.74, 6) is 0.828. The number of unbranched alkanes of at least 4 members (excludes halogenated alkanes) is 1. The number of aryl methyl sites for hydroxylation is 1. The summed E-state index contributed by atoms with van der Waals surface area (Å²) in [5.41, 5.74) is 3.23. The Labute approximate surface area is 162 Å². The number of carbonyl (C=O) groups is 1. The van der Waals surface area contributed by atoms with Crippen molar-refractivity contribution in [3.8, 4) is 5.75 Å². The molecule has 0 bridgehead atoms. The Morgan fingerprint density at radius 3 is 2.33 bits per heavy atom. The van der Waals surface area contributed by atoms with E-state index in [0.717, 1.165) is 43.7 Å². The Kier molecular flexibility index (Phi) is 8.49. The number of hydrogen-bond donors (Lipinski definition) is 2. The molecule has 0 aliphatic rings. The summed E-state index contributed by atoms with van der Waals surface area (Å²) in [5, 5.41) is 5.74. The van der Waals surface area contributed by atoms with Crippen molar-refractivity contribution in [2.24, 2.45) is 0 Å². The fourth-order valence-electron chi connectivity index (χ4n) is 2.60. The maximum Gasteiger partial charge on any atom is 0.319 e. The lowest BCUT2D eigenvalue weighted by Gasteiger charge is -2.12. The highest BCUT2D eigenvalue weighted by atomic mass is 16.5. The van der Waals surface area contributed by atoms with Crippen LogP contribution in [0.4, 0.5) is 16.2 Å². The minimum atomic E-state index is -0.183. The zero-order valence-electron chi connectivity index (χ0n) is 16.6. The molecule has 0 fully saturated rings. The van der Waals surface area contributed by atoms with Crippen molar-refractivity contribution in [2.45, 2.75) is 32.6 Å². The van der Waals surface area contributed by atoms with Crippen LogP contribution in [0.2, 0.25) is 0 Å². The Hall–Kier alpha value is -2.69. The number of urea groups is 1. The average Bonchev–Trinajstić information content (AvgIpc) is 2.67. The van der Waals surface area contributed by atoms with Crippen LogP contribution in [-0.4, -0.2) is 33.3 Å². The lowest BCUT2D eigenvalue weighted by Crippen LogP contribution is -2.29. The normalized spacial score (nSPS) is 10.3. The predicted molar refractivity (Wildman–Crippen MR) is 113 cm³/mol. The Morgan fingerprint density at radius 2 is 1.70 bits per heavy atom. The van der Waals surface area contributed by atoms with Crippen LogP contribution in [0.3, 0.4) is 0 Å². The quantitative estimate of drug-likeness (QED) is 0.598. The molecule has 2 N–H and O–H groups in total. The SMILES string of the molecule is CCCCOc1ccc(NC(=O)NCCCc2ccc(N(C)C)cc2)cc1. The van der Waals surface area contributed by atoms with Crippen molar-refractivity contribution in [3.63, 3.8) is 0 Å². The number of nitrogens with one attached hydrogen (secondary N) is 2. The molecule has 0 saturated carbocycles. The first kappa shape index (κ1) is 20.6. The molecule has 0 aromatic heterocycles. The van der Waals surface area contributed by atoms with Gasteiger partial charge in [-0.3, -0.25) is 0 Å². The van der Waals surface area contributed by atoms with Gasteiger partial charge in [0.05, 0.1) is 6.61 Å². The topological polar surface area (TPSA) is 53.6 Å². The minimum absolute atomic E-state index is 0.183. The highest BCUT2D eigenvalue weighted by Gasteiger charge is 2.02. The fraction of sp³-hybridized carbons (Fsp3) is 0.409. The largest absolute Gasteiger partial charge is 0.494 e. The second-order valence-corrected chi connectivity index (χ2v) is 6.77. The van der Waals surface area contributed by atoms with E-state index < -0.39 is 0 Å². The Bertz CT molecular complexity index is 682. The van der Waals surface area contributed by atoms with Gasteiger partial charge in [0.25, 0.3) is 0 Å². The molecule has 5 nitrogen and oxygen atoms in total. The van der Waals surface area contributed by atoms with Gasteiger partial charge in [0, 0.05) is 32.0 Å². The first-order chi connectivity index (χ1) is 13.1. The third-order valence-corrected chi connectivity index (χ3v) is 4.26. The van der Waals surface area contributed by atoms with Crippen molar-refractivity contribution < 1.29 is 9.53 Å². The molecular formula is C22H31N3O2. The van der Waals surface area contributed by atoms with Crippen LogP contribution in [0.15, 0.2) is 48.5 Å². The monoisotopic (exact) mass is 369 g/mol. The molecule has 2 aromatic rings. The minimum Gasteiger partial charge on any atom is -0.494 e. The van der Waals surface area contributed by atoms with E-state index in [2.05, 4.69) is 46.7 Å². The summed E-state index contributed by atoms with van der Waals surface area (Å²) in [6.07, 6.45) is 4.00. The third kappa shape index (κ3) is 7.60. The molecule has 0 spiro atoms. The predicted octanol–water partition coefficient (Wildman–Crippen LogP) is 4.69. The van der Waals surface area contributed by atoms with Gasteiger partial charge in [0.15, 0.2) is 0 Å². The van der Waals surface area contributed by atoms with Gasteiger partial charge in [-0.05, 0) is 61.2 Å². The zero-order valence-corrected chi connectivity index (χ0v) is 16.6. The molecule has 0 aliphatic heterocycles. The van der Waals surface area contributed by atoms with E-state index in [1.54, 1.807) is 0 Å². The van der Waals surface area contributed by atoms with E-state index in [-0.39, 0.29) is 6.03 Å². The molecule has 2 rings (SSSR count). The lowest BCUT2D eigenvalue weighted by molar-refractivity contribution is 0.252. The number of rotatable bonds is 10. The molecule has 5 heteroatoms. The summed E-state index contributed by atoms with van der Waals surface area (Å²) < 4.78 is 5.62. The first-order valence-electron chi connectivity index (χ1n) is 9.62. The maximum absolute atomic E-state index is 12.0. The van der Waals surface area contributed by atoms with E-state index in [1.165, 1.54) is 11.3 Å². The third-order valence-electron chi connectivity index (χ3n) is 4.26. The van der Waals surface area contributed by atoms with Gasteiger partial charge in [-0.15, -0.1) is 0 Å². The highest BCUT2D eigenvalue weighted by molar-refractivity contribution is 5.89. The average molecular weight is 370 g/mol. The number of amides is 2. The van der Waals surface area contributed by atoms with E-state index >= 15 is 0 Å². The fourth-order valence-corrected chi connectivity index (χ4v) is 2.60.